The first-order valence-corrected chi connectivity index (χ1v) is 7.60. The molecule has 2 aliphatic rings. The van der Waals surface area contributed by atoms with E-state index in [1.165, 1.54) is 0 Å². The Bertz CT molecular complexity index is 521. The molecular weight excluding hydrogens is 324 g/mol. The molecule has 2 heterocycles. The molecule has 0 radical (unpaired) electrons. The molecule has 3 rings (SSSR count). The molecule has 2 aliphatic heterocycles. The first-order chi connectivity index (χ1) is 9.72. The standard InChI is InChI=1S/C14H17BrN2O3/c15-11-4-9(7-16-10-6-13(18)17-8-10)5-12-14(11)20-3-1-2-19-12/h4-5,10,16H,1-3,6-8H2,(H,17,18). The number of carbonyl (C=O) groups excluding carboxylic acids is 1. The van der Waals surface area contributed by atoms with Crippen LogP contribution >= 0.6 is 15.9 Å². The number of rotatable bonds is 3. The normalized spacial score (nSPS) is 21.4. The molecule has 0 spiro atoms. The molecule has 0 bridgehead atoms. The monoisotopic (exact) mass is 340 g/mol. The Kier molecular flexibility index (Phi) is 4.12. The van der Waals surface area contributed by atoms with Crippen LogP contribution < -0.4 is 20.1 Å². The molecule has 0 saturated carbocycles. The largest absolute Gasteiger partial charge is 0.490 e. The average Bonchev–Trinajstić information content (AvgIpc) is 2.70. The van der Waals surface area contributed by atoms with Crippen LogP contribution in [0.15, 0.2) is 16.6 Å². The SMILES string of the molecule is O=C1CC(NCc2cc(Br)c3c(c2)OCCCO3)CN1. The quantitative estimate of drug-likeness (QED) is 0.877. The van der Waals surface area contributed by atoms with Crippen molar-refractivity contribution >= 4 is 21.8 Å². The highest BCUT2D eigenvalue weighted by Crippen LogP contribution is 2.38. The second-order valence-electron chi connectivity index (χ2n) is 5.04. The van der Waals surface area contributed by atoms with Crippen molar-refractivity contribution in [1.82, 2.24) is 10.6 Å². The van der Waals surface area contributed by atoms with Gasteiger partial charge in [-0.15, -0.1) is 0 Å². The van der Waals surface area contributed by atoms with Gasteiger partial charge in [-0.2, -0.15) is 0 Å². The van der Waals surface area contributed by atoms with Crippen LogP contribution in [0.25, 0.3) is 0 Å². The van der Waals surface area contributed by atoms with Crippen LogP contribution in [0.3, 0.4) is 0 Å². The van der Waals surface area contributed by atoms with E-state index < -0.39 is 0 Å². The molecule has 2 N–H and O–H groups in total. The molecule has 5 nitrogen and oxygen atoms in total. The Labute approximate surface area is 126 Å². The topological polar surface area (TPSA) is 59.6 Å². The maximum atomic E-state index is 11.2. The van der Waals surface area contributed by atoms with Crippen LogP contribution in [0, 0.1) is 0 Å². The van der Waals surface area contributed by atoms with Crippen molar-refractivity contribution in [2.75, 3.05) is 19.8 Å². The molecule has 108 valence electrons. The zero-order chi connectivity index (χ0) is 13.9. The van der Waals surface area contributed by atoms with E-state index in [0.29, 0.717) is 32.7 Å². The molecule has 1 fully saturated rings. The zero-order valence-corrected chi connectivity index (χ0v) is 12.7. The number of hydrogen-bond acceptors (Lipinski definition) is 4. The van der Waals surface area contributed by atoms with Crippen LogP contribution in [-0.4, -0.2) is 31.7 Å². The van der Waals surface area contributed by atoms with E-state index in [0.717, 1.165) is 28.0 Å². The minimum absolute atomic E-state index is 0.113. The highest BCUT2D eigenvalue weighted by molar-refractivity contribution is 9.10. The maximum Gasteiger partial charge on any atom is 0.221 e. The van der Waals surface area contributed by atoms with Gasteiger partial charge in [-0.25, -0.2) is 0 Å². The van der Waals surface area contributed by atoms with Crippen molar-refractivity contribution in [2.45, 2.75) is 25.4 Å². The van der Waals surface area contributed by atoms with E-state index >= 15 is 0 Å². The summed E-state index contributed by atoms with van der Waals surface area (Å²) in [6.07, 6.45) is 1.44. The fourth-order valence-electron chi connectivity index (χ4n) is 2.40. The van der Waals surface area contributed by atoms with Crippen LogP contribution in [0.5, 0.6) is 11.5 Å². The van der Waals surface area contributed by atoms with Gasteiger partial charge in [-0.3, -0.25) is 4.79 Å². The molecule has 1 aromatic carbocycles. The summed E-state index contributed by atoms with van der Waals surface area (Å²) in [6.45, 7) is 2.76. The van der Waals surface area contributed by atoms with E-state index in [1.807, 2.05) is 12.1 Å². The summed E-state index contributed by atoms with van der Waals surface area (Å²) >= 11 is 3.53. The third-order valence-electron chi connectivity index (χ3n) is 3.43. The summed E-state index contributed by atoms with van der Waals surface area (Å²) in [5, 5.41) is 6.20. The number of halogens is 1. The predicted octanol–water partition coefficient (Wildman–Crippen LogP) is 1.59. The Morgan fingerprint density at radius 1 is 1.35 bits per heavy atom. The lowest BCUT2D eigenvalue weighted by atomic mass is 10.1. The number of fused-ring (bicyclic) bond motifs is 1. The Hall–Kier alpha value is -1.27. The van der Waals surface area contributed by atoms with Gasteiger partial charge in [-0.1, -0.05) is 0 Å². The first kappa shape index (κ1) is 13.7. The Morgan fingerprint density at radius 3 is 3.00 bits per heavy atom. The summed E-state index contributed by atoms with van der Waals surface area (Å²) in [5.41, 5.74) is 1.11. The first-order valence-electron chi connectivity index (χ1n) is 6.80. The fourth-order valence-corrected chi connectivity index (χ4v) is 3.00. The molecule has 1 saturated heterocycles. The molecule has 1 amide bonds. The van der Waals surface area contributed by atoms with E-state index in [4.69, 9.17) is 9.47 Å². The summed E-state index contributed by atoms with van der Waals surface area (Å²) in [4.78, 5) is 11.2. The minimum Gasteiger partial charge on any atom is -0.490 e. The van der Waals surface area contributed by atoms with Gasteiger partial charge in [0.1, 0.15) is 0 Å². The molecule has 1 aromatic rings. The lowest BCUT2D eigenvalue weighted by molar-refractivity contribution is -0.119. The summed E-state index contributed by atoms with van der Waals surface area (Å²) in [5.74, 6) is 1.68. The van der Waals surface area contributed by atoms with Gasteiger partial charge >= 0.3 is 0 Å². The molecule has 0 aliphatic carbocycles. The number of benzene rings is 1. The zero-order valence-electron chi connectivity index (χ0n) is 11.1. The van der Waals surface area contributed by atoms with Gasteiger partial charge in [-0.05, 0) is 33.6 Å². The lowest BCUT2D eigenvalue weighted by Crippen LogP contribution is -2.30. The number of ether oxygens (including phenoxy) is 2. The molecule has 1 atom stereocenters. The van der Waals surface area contributed by atoms with Crippen LogP contribution in [-0.2, 0) is 11.3 Å². The van der Waals surface area contributed by atoms with Gasteiger partial charge in [0.05, 0.1) is 17.7 Å². The average molecular weight is 341 g/mol. The molecular formula is C14H17BrN2O3. The van der Waals surface area contributed by atoms with Crippen molar-refractivity contribution in [3.05, 3.63) is 22.2 Å². The van der Waals surface area contributed by atoms with E-state index in [-0.39, 0.29) is 11.9 Å². The van der Waals surface area contributed by atoms with E-state index in [2.05, 4.69) is 26.6 Å². The second kappa shape index (κ2) is 6.01. The van der Waals surface area contributed by atoms with Crippen molar-refractivity contribution < 1.29 is 14.3 Å². The molecule has 20 heavy (non-hydrogen) atoms. The third-order valence-corrected chi connectivity index (χ3v) is 4.02. The summed E-state index contributed by atoms with van der Waals surface area (Å²) < 4.78 is 12.3. The molecule has 1 unspecified atom stereocenters. The lowest BCUT2D eigenvalue weighted by Gasteiger charge is -2.14. The molecule has 6 heteroatoms. The minimum atomic E-state index is 0.113. The van der Waals surface area contributed by atoms with E-state index in [1.54, 1.807) is 0 Å². The highest BCUT2D eigenvalue weighted by atomic mass is 79.9. The third kappa shape index (κ3) is 3.07. The Balaban J connectivity index is 1.69. The predicted molar refractivity (Wildman–Crippen MR) is 78.0 cm³/mol. The fraction of sp³-hybridized carbons (Fsp3) is 0.500. The van der Waals surface area contributed by atoms with Gasteiger partial charge in [0.2, 0.25) is 5.91 Å². The van der Waals surface area contributed by atoms with Gasteiger partial charge < -0.3 is 20.1 Å². The van der Waals surface area contributed by atoms with Gasteiger partial charge in [0.15, 0.2) is 11.5 Å². The van der Waals surface area contributed by atoms with Crippen molar-refractivity contribution in [3.8, 4) is 11.5 Å². The highest BCUT2D eigenvalue weighted by Gasteiger charge is 2.21. The summed E-state index contributed by atoms with van der Waals surface area (Å²) in [6, 6.07) is 4.24. The number of amides is 1. The van der Waals surface area contributed by atoms with E-state index in [9.17, 15) is 4.79 Å². The molecule has 0 aromatic heterocycles. The second-order valence-corrected chi connectivity index (χ2v) is 5.90. The maximum absolute atomic E-state index is 11.2. The van der Waals surface area contributed by atoms with Crippen LogP contribution in [0.1, 0.15) is 18.4 Å². The van der Waals surface area contributed by atoms with Crippen LogP contribution in [0.4, 0.5) is 0 Å². The van der Waals surface area contributed by atoms with Crippen LogP contribution in [0.2, 0.25) is 0 Å². The summed E-state index contributed by atoms with van der Waals surface area (Å²) in [7, 11) is 0. The number of carbonyl (C=O) groups is 1. The van der Waals surface area contributed by atoms with Gasteiger partial charge in [0, 0.05) is 32.0 Å². The van der Waals surface area contributed by atoms with Crippen molar-refractivity contribution in [3.63, 3.8) is 0 Å². The van der Waals surface area contributed by atoms with Crippen molar-refractivity contribution in [2.24, 2.45) is 0 Å². The smallest absolute Gasteiger partial charge is 0.221 e. The van der Waals surface area contributed by atoms with Crippen molar-refractivity contribution in [1.29, 1.82) is 0 Å². The van der Waals surface area contributed by atoms with Gasteiger partial charge in [0.25, 0.3) is 0 Å². The number of nitrogens with one attached hydrogen (secondary N) is 2. The Morgan fingerprint density at radius 2 is 2.20 bits per heavy atom. The number of hydrogen-bond donors (Lipinski definition) is 2.